The molecule has 0 unspecified atom stereocenters. The van der Waals surface area contributed by atoms with Crippen molar-refractivity contribution in [3.63, 3.8) is 0 Å². The fraction of sp³-hybridized carbons (Fsp3) is 0.375. The van der Waals surface area contributed by atoms with Gasteiger partial charge in [-0.05, 0) is 37.5 Å². The highest BCUT2D eigenvalue weighted by Crippen LogP contribution is 2.34. The fourth-order valence-electron chi connectivity index (χ4n) is 3.92. The Balaban J connectivity index is 1.36. The normalized spacial score (nSPS) is 17.8. The number of hydrogen-bond donors (Lipinski definition) is 1. The molecule has 2 aliphatic heterocycles. The van der Waals surface area contributed by atoms with Crippen LogP contribution in [0.25, 0.3) is 11.4 Å². The molecule has 1 N–H and O–H groups in total. The summed E-state index contributed by atoms with van der Waals surface area (Å²) in [6.45, 7) is 3.98. The number of rotatable bonds is 8. The molecule has 0 spiro atoms. The van der Waals surface area contributed by atoms with Gasteiger partial charge < -0.3 is 19.5 Å². The molecule has 0 aliphatic carbocycles. The predicted molar refractivity (Wildman–Crippen MR) is 124 cm³/mol. The zero-order valence-electron chi connectivity index (χ0n) is 18.4. The molecular weight excluding hydrogens is 440 g/mol. The second kappa shape index (κ2) is 9.84. The molecule has 0 radical (unpaired) electrons. The van der Waals surface area contributed by atoms with Crippen LogP contribution in [0.2, 0.25) is 0 Å². The van der Waals surface area contributed by atoms with Crippen LogP contribution in [0.15, 0.2) is 53.7 Å². The van der Waals surface area contributed by atoms with Gasteiger partial charge in [0.25, 0.3) is 0 Å². The van der Waals surface area contributed by atoms with E-state index >= 15 is 0 Å². The van der Waals surface area contributed by atoms with Gasteiger partial charge in [0.05, 0.1) is 17.9 Å². The number of nitrogens with zero attached hydrogens (tertiary/aromatic N) is 3. The van der Waals surface area contributed by atoms with E-state index in [9.17, 15) is 4.79 Å². The topological polar surface area (TPSA) is 87.5 Å². The van der Waals surface area contributed by atoms with Crippen molar-refractivity contribution in [1.29, 1.82) is 0 Å². The second-order valence-electron chi connectivity index (χ2n) is 8.09. The Morgan fingerprint density at radius 2 is 2.03 bits per heavy atom. The van der Waals surface area contributed by atoms with E-state index in [-0.39, 0.29) is 24.1 Å². The molecule has 0 saturated carbocycles. The summed E-state index contributed by atoms with van der Waals surface area (Å²) in [4.78, 5) is 12.7. The number of benzene rings is 2. The van der Waals surface area contributed by atoms with Crippen LogP contribution in [-0.2, 0) is 16.1 Å². The van der Waals surface area contributed by atoms with Gasteiger partial charge in [-0.3, -0.25) is 9.36 Å². The summed E-state index contributed by atoms with van der Waals surface area (Å²) >= 11 is 1.40. The number of aromatic nitrogens is 3. The maximum absolute atomic E-state index is 12.7. The lowest BCUT2D eigenvalue weighted by atomic mass is 10.2. The largest absolute Gasteiger partial charge is 0.454 e. The molecular formula is C24H26N4O4S. The van der Waals surface area contributed by atoms with E-state index in [1.54, 1.807) is 0 Å². The maximum Gasteiger partial charge on any atom is 0.233 e. The van der Waals surface area contributed by atoms with Crippen LogP contribution in [0, 0.1) is 0 Å². The van der Waals surface area contributed by atoms with Crippen molar-refractivity contribution in [3.05, 3.63) is 54.1 Å². The third kappa shape index (κ3) is 4.99. The van der Waals surface area contributed by atoms with Gasteiger partial charge in [0, 0.05) is 18.7 Å². The summed E-state index contributed by atoms with van der Waals surface area (Å²) in [7, 11) is 0. The number of ether oxygens (including phenoxy) is 3. The second-order valence-corrected chi connectivity index (χ2v) is 9.39. The van der Waals surface area contributed by atoms with E-state index < -0.39 is 0 Å². The third-order valence-electron chi connectivity index (χ3n) is 5.71. The Bertz CT molecular complexity index is 1110. The van der Waals surface area contributed by atoms with E-state index in [1.807, 2.05) is 60.0 Å². The highest BCUT2D eigenvalue weighted by molar-refractivity contribution is 8.00. The van der Waals surface area contributed by atoms with Crippen LogP contribution in [0.5, 0.6) is 11.5 Å². The van der Waals surface area contributed by atoms with Gasteiger partial charge in [0.1, 0.15) is 0 Å². The van der Waals surface area contributed by atoms with Gasteiger partial charge >= 0.3 is 0 Å². The van der Waals surface area contributed by atoms with Crippen molar-refractivity contribution in [2.45, 2.75) is 42.8 Å². The van der Waals surface area contributed by atoms with Crippen molar-refractivity contribution in [1.82, 2.24) is 20.1 Å². The highest BCUT2D eigenvalue weighted by atomic mass is 32.2. The molecule has 8 nitrogen and oxygen atoms in total. The summed E-state index contributed by atoms with van der Waals surface area (Å²) in [5.74, 6) is 2.20. The number of thioether (sulfide) groups is 1. The molecule has 172 valence electrons. The average molecular weight is 467 g/mol. The molecule has 5 rings (SSSR count). The molecule has 33 heavy (non-hydrogen) atoms. The maximum atomic E-state index is 12.7. The fourth-order valence-corrected chi connectivity index (χ4v) is 4.79. The zero-order chi connectivity index (χ0) is 22.6. The molecule has 0 bridgehead atoms. The number of carbonyl (C=O) groups is 1. The quantitative estimate of drug-likeness (QED) is 0.509. The van der Waals surface area contributed by atoms with E-state index in [2.05, 4.69) is 15.5 Å². The first-order valence-electron chi connectivity index (χ1n) is 11.1. The number of amides is 1. The van der Waals surface area contributed by atoms with Crippen molar-refractivity contribution in [2.75, 3.05) is 19.9 Å². The summed E-state index contributed by atoms with van der Waals surface area (Å²) in [5.41, 5.74) is 2.00. The molecule has 2 aliphatic rings. The molecule has 3 heterocycles. The van der Waals surface area contributed by atoms with Crippen LogP contribution in [0.4, 0.5) is 0 Å². The molecule has 1 aromatic heterocycles. The number of fused-ring (bicyclic) bond motifs is 1. The van der Waals surface area contributed by atoms with Crippen molar-refractivity contribution in [2.24, 2.45) is 0 Å². The monoisotopic (exact) mass is 466 g/mol. The van der Waals surface area contributed by atoms with Gasteiger partial charge in [-0.25, -0.2) is 0 Å². The van der Waals surface area contributed by atoms with Crippen LogP contribution < -0.4 is 14.8 Å². The van der Waals surface area contributed by atoms with Crippen LogP contribution in [-0.4, -0.2) is 52.0 Å². The standard InChI is InChI=1S/C24H26N4O4S/c1-16(23(29)25-13-19-8-5-11-30-19)33-24-27-26-22(18-6-3-2-4-7-18)28(24)14-17-9-10-20-21(12-17)32-15-31-20/h2-4,6-7,9-10,12,16,19H,5,8,11,13-15H2,1H3,(H,25,29)/t16-,19-/m1/s1. The van der Waals surface area contributed by atoms with Gasteiger partial charge in [-0.2, -0.15) is 0 Å². The Morgan fingerprint density at radius 3 is 2.85 bits per heavy atom. The Hall–Kier alpha value is -3.04. The number of hydrogen-bond acceptors (Lipinski definition) is 7. The summed E-state index contributed by atoms with van der Waals surface area (Å²) in [5, 5.41) is 12.3. The lowest BCUT2D eigenvalue weighted by molar-refractivity contribution is -0.120. The molecule has 1 fully saturated rings. The van der Waals surface area contributed by atoms with Gasteiger partial charge in [0.2, 0.25) is 12.7 Å². The van der Waals surface area contributed by atoms with E-state index in [4.69, 9.17) is 14.2 Å². The minimum atomic E-state index is -0.324. The lowest BCUT2D eigenvalue weighted by Gasteiger charge is -2.16. The van der Waals surface area contributed by atoms with Gasteiger partial charge in [-0.1, -0.05) is 48.2 Å². The minimum Gasteiger partial charge on any atom is -0.454 e. The summed E-state index contributed by atoms with van der Waals surface area (Å²) in [6, 6.07) is 15.8. The van der Waals surface area contributed by atoms with Crippen LogP contribution in [0.3, 0.4) is 0 Å². The third-order valence-corrected chi connectivity index (χ3v) is 6.79. The molecule has 1 saturated heterocycles. The Kier molecular flexibility index (Phi) is 6.50. The molecule has 3 aromatic rings. The summed E-state index contributed by atoms with van der Waals surface area (Å²) in [6.07, 6.45) is 2.16. The van der Waals surface area contributed by atoms with Crippen molar-refractivity contribution < 1.29 is 19.0 Å². The van der Waals surface area contributed by atoms with Gasteiger partial charge in [-0.15, -0.1) is 10.2 Å². The first-order valence-corrected chi connectivity index (χ1v) is 12.0. The van der Waals surface area contributed by atoms with Crippen LogP contribution >= 0.6 is 11.8 Å². The Labute approximate surface area is 196 Å². The lowest BCUT2D eigenvalue weighted by Crippen LogP contribution is -2.36. The highest BCUT2D eigenvalue weighted by Gasteiger charge is 2.23. The van der Waals surface area contributed by atoms with Crippen molar-refractivity contribution >= 4 is 17.7 Å². The molecule has 2 aromatic carbocycles. The first-order chi connectivity index (χ1) is 16.2. The van der Waals surface area contributed by atoms with E-state index in [0.717, 1.165) is 47.9 Å². The zero-order valence-corrected chi connectivity index (χ0v) is 19.2. The number of carbonyl (C=O) groups excluding carboxylic acids is 1. The first kappa shape index (κ1) is 21.8. The molecule has 1 amide bonds. The molecule has 2 atom stereocenters. The van der Waals surface area contributed by atoms with Gasteiger partial charge in [0.15, 0.2) is 22.5 Å². The van der Waals surface area contributed by atoms with Crippen molar-refractivity contribution in [3.8, 4) is 22.9 Å². The number of nitrogens with one attached hydrogen (secondary N) is 1. The summed E-state index contributed by atoms with van der Waals surface area (Å²) < 4.78 is 18.6. The van der Waals surface area contributed by atoms with E-state index in [1.165, 1.54) is 11.8 Å². The Morgan fingerprint density at radius 1 is 1.18 bits per heavy atom. The smallest absolute Gasteiger partial charge is 0.233 e. The molecule has 9 heteroatoms. The van der Waals surface area contributed by atoms with Crippen LogP contribution in [0.1, 0.15) is 25.3 Å². The average Bonchev–Trinajstić information content (AvgIpc) is 3.60. The van der Waals surface area contributed by atoms with E-state index in [0.29, 0.717) is 18.2 Å². The SMILES string of the molecule is C[C@@H](Sc1nnc(-c2ccccc2)n1Cc1ccc2c(c1)OCO2)C(=O)NC[C@H]1CCCO1. The minimum absolute atomic E-state index is 0.0330. The predicted octanol–water partition coefficient (Wildman–Crippen LogP) is 3.50.